The Balaban J connectivity index is 1.09. The van der Waals surface area contributed by atoms with Gasteiger partial charge in [0.2, 0.25) is 0 Å². The van der Waals surface area contributed by atoms with Crippen LogP contribution < -0.4 is 8.37 Å². The highest BCUT2D eigenvalue weighted by Crippen LogP contribution is 2.33. The van der Waals surface area contributed by atoms with Crippen LogP contribution in [-0.4, -0.2) is 45.9 Å². The van der Waals surface area contributed by atoms with Crippen LogP contribution in [0.1, 0.15) is 0 Å². The summed E-state index contributed by atoms with van der Waals surface area (Å²) in [5.41, 5.74) is 8.17. The lowest BCUT2D eigenvalue weighted by Gasteiger charge is -2.10. The molecule has 9 aromatic rings. The molecule has 0 amide bonds. The minimum Gasteiger partial charge on any atom is -0.362 e. The molecule has 12 nitrogen and oxygen atoms in total. The monoisotopic (exact) mass is 778 g/mol. The summed E-state index contributed by atoms with van der Waals surface area (Å²) in [6, 6.07) is 43.8. The summed E-state index contributed by atoms with van der Waals surface area (Å²) in [6.07, 6.45) is 0. The van der Waals surface area contributed by atoms with Crippen molar-refractivity contribution < 1.29 is 34.3 Å². The van der Waals surface area contributed by atoms with Crippen LogP contribution in [-0.2, 0) is 20.8 Å². The molecule has 56 heavy (non-hydrogen) atoms. The first kappa shape index (κ1) is 34.9. The van der Waals surface area contributed by atoms with E-state index in [4.69, 9.17) is 29.0 Å². The van der Waals surface area contributed by atoms with E-state index in [1.54, 1.807) is 24.3 Å². The third-order valence-corrected chi connectivity index (χ3v) is 9.96. The Hall–Kier alpha value is -6.84. The third-order valence-electron chi connectivity index (χ3n) is 9.16. The molecule has 0 aliphatic carbocycles. The van der Waals surface area contributed by atoms with E-state index in [1.165, 1.54) is 24.3 Å². The van der Waals surface area contributed by atoms with Crippen molar-refractivity contribution in [2.45, 2.75) is 0 Å². The quantitative estimate of drug-likeness (QED) is 0.111. The van der Waals surface area contributed by atoms with Gasteiger partial charge in [0.1, 0.15) is 11.5 Å². The van der Waals surface area contributed by atoms with Gasteiger partial charge >= 0.3 is 20.8 Å². The van der Waals surface area contributed by atoms with Gasteiger partial charge in [-0.1, -0.05) is 91.0 Å². The van der Waals surface area contributed by atoms with Crippen LogP contribution in [0.5, 0.6) is 11.5 Å². The minimum absolute atomic E-state index is 0.0440. The molecule has 9 rings (SSSR count). The van der Waals surface area contributed by atoms with Crippen LogP contribution in [0.25, 0.3) is 88.6 Å². The van der Waals surface area contributed by atoms with E-state index in [1.807, 2.05) is 97.1 Å². The number of hydrogen-bond donors (Lipinski definition) is 2. The fourth-order valence-electron chi connectivity index (χ4n) is 6.67. The van der Waals surface area contributed by atoms with Gasteiger partial charge in [0.15, 0.2) is 0 Å². The number of aromatic nitrogens is 4. The second kappa shape index (κ2) is 13.5. The van der Waals surface area contributed by atoms with E-state index in [0.717, 1.165) is 44.1 Å². The van der Waals surface area contributed by atoms with Gasteiger partial charge in [0, 0.05) is 43.8 Å². The third kappa shape index (κ3) is 7.08. The largest absolute Gasteiger partial charge is 0.446 e. The Morgan fingerprint density at radius 1 is 0.357 bits per heavy atom. The topological polar surface area (TPSA) is 179 Å². The Kier molecular flexibility index (Phi) is 8.40. The van der Waals surface area contributed by atoms with E-state index >= 15 is 0 Å². The molecule has 0 aliphatic rings. The minimum atomic E-state index is -4.69. The van der Waals surface area contributed by atoms with Gasteiger partial charge in [0.25, 0.3) is 0 Å². The van der Waals surface area contributed by atoms with Gasteiger partial charge < -0.3 is 8.37 Å². The lowest BCUT2D eigenvalue weighted by Crippen LogP contribution is -2.06. The van der Waals surface area contributed by atoms with Gasteiger partial charge in [-0.2, -0.15) is 16.8 Å². The molecular weight excluding hydrogens is 753 g/mol. The summed E-state index contributed by atoms with van der Waals surface area (Å²) in [5.74, 6) is -0.0879. The zero-order chi connectivity index (χ0) is 38.6. The molecule has 2 N–H and O–H groups in total. The molecule has 0 saturated carbocycles. The van der Waals surface area contributed by atoms with E-state index in [9.17, 15) is 16.8 Å². The van der Waals surface area contributed by atoms with Crippen molar-refractivity contribution in [2.75, 3.05) is 0 Å². The Bertz CT molecular complexity index is 3070. The van der Waals surface area contributed by atoms with Crippen molar-refractivity contribution in [3.8, 4) is 56.5 Å². The summed E-state index contributed by atoms with van der Waals surface area (Å²) in [6.45, 7) is 0. The molecule has 0 atom stereocenters. The second-order valence-electron chi connectivity index (χ2n) is 12.9. The summed E-state index contributed by atoms with van der Waals surface area (Å²) < 4.78 is 72.8. The number of fused-ring (bicyclic) bond motifs is 6. The number of hydrogen-bond acceptors (Lipinski definition) is 10. The van der Waals surface area contributed by atoms with Crippen molar-refractivity contribution >= 4 is 64.4 Å². The summed E-state index contributed by atoms with van der Waals surface area (Å²) >= 11 is 0. The van der Waals surface area contributed by atoms with E-state index in [2.05, 4.69) is 8.37 Å². The zero-order valence-electron chi connectivity index (χ0n) is 28.8. The average molecular weight is 779 g/mol. The van der Waals surface area contributed by atoms with Gasteiger partial charge in [-0.3, -0.25) is 9.11 Å². The van der Waals surface area contributed by atoms with Crippen molar-refractivity contribution in [1.82, 2.24) is 19.9 Å². The van der Waals surface area contributed by atoms with Crippen LogP contribution in [0.2, 0.25) is 0 Å². The fourth-order valence-corrected chi connectivity index (χ4v) is 7.37. The number of pyridine rings is 4. The standard InChI is InChI=1S/C42H26N4O8S2/c47-55(48,49)53-33-8-2-6-31(23-33)37-20-16-27-12-10-25-14-18-35(43-39(25)41(27)45-37)29-4-1-5-30(22-29)36-19-15-26-11-13-28-17-21-38(46-42(28)40(26)44-36)32-7-3-9-34(24-32)54-56(50,51)52/h1-24H,(H,47,48,49)(H,50,51,52). The van der Waals surface area contributed by atoms with E-state index in [-0.39, 0.29) is 11.5 Å². The Morgan fingerprint density at radius 3 is 0.929 bits per heavy atom. The van der Waals surface area contributed by atoms with Gasteiger partial charge in [-0.05, 0) is 54.6 Å². The molecule has 4 heterocycles. The van der Waals surface area contributed by atoms with Crippen molar-refractivity contribution in [1.29, 1.82) is 0 Å². The summed E-state index contributed by atoms with van der Waals surface area (Å²) in [5, 5.41) is 3.51. The molecular formula is C42H26N4O8S2. The smallest absolute Gasteiger partial charge is 0.362 e. The van der Waals surface area contributed by atoms with Crippen LogP contribution >= 0.6 is 0 Å². The first-order valence-electron chi connectivity index (χ1n) is 17.0. The number of rotatable bonds is 8. The SMILES string of the molecule is O=S(=O)(O)Oc1cccc(-c2ccc3ccc4ccc(-c5cccc(-c6ccc7ccc8ccc(-c9cccc(OS(=O)(=O)O)c9)nc8c7n6)c5)nc4c3n2)c1. The van der Waals surface area contributed by atoms with Crippen LogP contribution in [0.15, 0.2) is 146 Å². The number of benzene rings is 5. The molecule has 0 bridgehead atoms. The molecule has 4 aromatic heterocycles. The lowest BCUT2D eigenvalue weighted by atomic mass is 10.0. The predicted molar refractivity (Wildman–Crippen MR) is 214 cm³/mol. The maximum absolute atomic E-state index is 11.3. The molecule has 0 fully saturated rings. The van der Waals surface area contributed by atoms with E-state index < -0.39 is 20.8 Å². The maximum atomic E-state index is 11.3. The highest BCUT2D eigenvalue weighted by Gasteiger charge is 2.14. The Morgan fingerprint density at radius 2 is 0.625 bits per heavy atom. The molecule has 274 valence electrons. The molecule has 0 unspecified atom stereocenters. The molecule has 14 heteroatoms. The van der Waals surface area contributed by atoms with E-state index in [0.29, 0.717) is 44.6 Å². The van der Waals surface area contributed by atoms with Crippen LogP contribution in [0.4, 0.5) is 0 Å². The zero-order valence-corrected chi connectivity index (χ0v) is 30.4. The normalized spacial score (nSPS) is 12.0. The highest BCUT2D eigenvalue weighted by molar-refractivity contribution is 7.81. The van der Waals surface area contributed by atoms with Crippen molar-refractivity contribution in [3.63, 3.8) is 0 Å². The Labute approximate surface area is 319 Å². The molecule has 0 radical (unpaired) electrons. The predicted octanol–water partition coefficient (Wildman–Crippen LogP) is 8.91. The fraction of sp³-hybridized carbons (Fsp3) is 0. The summed E-state index contributed by atoms with van der Waals surface area (Å²) in [7, 11) is -9.38. The van der Waals surface area contributed by atoms with Crippen LogP contribution in [0, 0.1) is 0 Å². The number of nitrogens with zero attached hydrogens (tertiary/aromatic N) is 4. The first-order chi connectivity index (χ1) is 26.9. The van der Waals surface area contributed by atoms with Crippen molar-refractivity contribution in [2.24, 2.45) is 0 Å². The van der Waals surface area contributed by atoms with Gasteiger partial charge in [-0.15, -0.1) is 0 Å². The molecule has 0 saturated heterocycles. The molecule has 0 aliphatic heterocycles. The highest BCUT2D eigenvalue weighted by atomic mass is 32.3. The lowest BCUT2D eigenvalue weighted by molar-refractivity contribution is 0.384. The second-order valence-corrected chi connectivity index (χ2v) is 14.9. The molecule has 0 spiro atoms. The molecule has 5 aromatic carbocycles. The van der Waals surface area contributed by atoms with Crippen molar-refractivity contribution in [3.05, 3.63) is 146 Å². The van der Waals surface area contributed by atoms with Gasteiger partial charge in [0.05, 0.1) is 44.8 Å². The maximum Gasteiger partial charge on any atom is 0.446 e. The van der Waals surface area contributed by atoms with Gasteiger partial charge in [-0.25, -0.2) is 19.9 Å². The first-order valence-corrected chi connectivity index (χ1v) is 19.7. The average Bonchev–Trinajstić information content (AvgIpc) is 3.19. The summed E-state index contributed by atoms with van der Waals surface area (Å²) in [4.78, 5) is 20.0. The van der Waals surface area contributed by atoms with Crippen LogP contribution in [0.3, 0.4) is 0 Å².